The molecule has 1 aliphatic heterocycles. The van der Waals surface area contributed by atoms with Crippen molar-refractivity contribution in [2.45, 2.75) is 25.8 Å². The summed E-state index contributed by atoms with van der Waals surface area (Å²) in [6.45, 7) is 4.86. The fourth-order valence-corrected chi connectivity index (χ4v) is 3.53. The second kappa shape index (κ2) is 6.68. The summed E-state index contributed by atoms with van der Waals surface area (Å²) in [6, 6.07) is 8.17. The highest BCUT2D eigenvalue weighted by molar-refractivity contribution is 5.94. The number of likely N-dealkylation sites (N-methyl/N-ethyl adjacent to an activating group) is 1. The van der Waals surface area contributed by atoms with E-state index in [0.29, 0.717) is 18.4 Å². The van der Waals surface area contributed by atoms with Crippen molar-refractivity contribution in [2.24, 2.45) is 0 Å². The van der Waals surface area contributed by atoms with E-state index in [1.807, 2.05) is 30.5 Å². The summed E-state index contributed by atoms with van der Waals surface area (Å²) in [5, 5.41) is 7.90. The lowest BCUT2D eigenvalue weighted by molar-refractivity contribution is 0.0897. The van der Waals surface area contributed by atoms with Crippen LogP contribution in [0.5, 0.6) is 0 Å². The van der Waals surface area contributed by atoms with E-state index in [1.165, 1.54) is 6.42 Å². The maximum absolute atomic E-state index is 12.3. The zero-order chi connectivity index (χ0) is 17.2. The van der Waals surface area contributed by atoms with E-state index < -0.39 is 0 Å². The lowest BCUT2D eigenvalue weighted by Crippen LogP contribution is -2.40. The minimum Gasteiger partial charge on any atom is -0.361 e. The molecule has 3 heterocycles. The molecule has 7 nitrogen and oxygen atoms in total. The molecule has 1 unspecified atom stereocenters. The van der Waals surface area contributed by atoms with Crippen molar-refractivity contribution in [1.29, 1.82) is 0 Å². The molecule has 2 aromatic heterocycles. The number of aromatic amines is 1. The second-order valence-electron chi connectivity index (χ2n) is 6.30. The minimum atomic E-state index is -0.317. The van der Waals surface area contributed by atoms with Gasteiger partial charge in [0, 0.05) is 35.2 Å². The summed E-state index contributed by atoms with van der Waals surface area (Å²) in [5.74, 6) is 0.109. The Morgan fingerprint density at radius 1 is 1.44 bits per heavy atom. The molecule has 1 atom stereocenters. The Morgan fingerprint density at radius 2 is 2.36 bits per heavy atom. The molecule has 2 N–H and O–H groups in total. The van der Waals surface area contributed by atoms with Gasteiger partial charge in [0.2, 0.25) is 5.82 Å². The Bertz CT molecular complexity index is 884. The van der Waals surface area contributed by atoms with Crippen molar-refractivity contribution in [2.75, 3.05) is 19.6 Å². The Kier molecular flexibility index (Phi) is 4.23. The molecular formula is C18H21N5O2. The fraction of sp³-hybridized carbons (Fsp3) is 0.389. The van der Waals surface area contributed by atoms with E-state index in [1.54, 1.807) is 0 Å². The number of rotatable bonds is 5. The van der Waals surface area contributed by atoms with Gasteiger partial charge in [-0.15, -0.1) is 0 Å². The lowest BCUT2D eigenvalue weighted by atomic mass is 10.1. The van der Waals surface area contributed by atoms with Crippen LogP contribution in [-0.4, -0.2) is 51.6 Å². The Hall–Kier alpha value is -2.67. The van der Waals surface area contributed by atoms with Gasteiger partial charge in [0.1, 0.15) is 0 Å². The third-order valence-corrected chi connectivity index (χ3v) is 4.86. The second-order valence-corrected chi connectivity index (χ2v) is 6.30. The molecule has 1 aliphatic rings. The van der Waals surface area contributed by atoms with Gasteiger partial charge >= 0.3 is 11.8 Å². The highest BCUT2D eigenvalue weighted by Crippen LogP contribution is 2.25. The molecule has 1 fully saturated rings. The number of nitrogens with zero attached hydrogens (tertiary/aromatic N) is 3. The first kappa shape index (κ1) is 15.8. The van der Waals surface area contributed by atoms with Crippen molar-refractivity contribution in [3.63, 3.8) is 0 Å². The Balaban J connectivity index is 1.47. The van der Waals surface area contributed by atoms with E-state index in [2.05, 4.69) is 32.3 Å². The number of aromatic nitrogens is 3. The first-order valence-corrected chi connectivity index (χ1v) is 8.68. The number of carbonyl (C=O) groups is 1. The molecule has 0 spiro atoms. The summed E-state index contributed by atoms with van der Waals surface area (Å²) >= 11 is 0. The number of carbonyl (C=O) groups excluding carboxylic acids is 1. The number of H-pyrrole nitrogens is 1. The van der Waals surface area contributed by atoms with Crippen LogP contribution in [0.15, 0.2) is 35.0 Å². The fourth-order valence-electron chi connectivity index (χ4n) is 3.53. The van der Waals surface area contributed by atoms with Crippen LogP contribution in [0.25, 0.3) is 22.3 Å². The van der Waals surface area contributed by atoms with Gasteiger partial charge in [0.15, 0.2) is 0 Å². The van der Waals surface area contributed by atoms with Gasteiger partial charge in [-0.05, 0) is 38.1 Å². The van der Waals surface area contributed by atoms with Gasteiger partial charge in [0.25, 0.3) is 0 Å². The molecule has 0 bridgehead atoms. The van der Waals surface area contributed by atoms with Gasteiger partial charge in [0.05, 0.1) is 0 Å². The molecule has 0 saturated carbocycles. The molecule has 7 heteroatoms. The molecule has 1 amide bonds. The van der Waals surface area contributed by atoms with Crippen molar-refractivity contribution in [3.05, 3.63) is 36.4 Å². The number of benzene rings is 1. The van der Waals surface area contributed by atoms with Crippen LogP contribution >= 0.6 is 0 Å². The zero-order valence-electron chi connectivity index (χ0n) is 14.2. The van der Waals surface area contributed by atoms with Gasteiger partial charge < -0.3 is 14.8 Å². The molecule has 4 rings (SSSR count). The third kappa shape index (κ3) is 3.02. The van der Waals surface area contributed by atoms with Crippen LogP contribution in [0, 0.1) is 0 Å². The molecule has 25 heavy (non-hydrogen) atoms. The van der Waals surface area contributed by atoms with Crippen LogP contribution in [0.4, 0.5) is 0 Å². The summed E-state index contributed by atoms with van der Waals surface area (Å²) in [5.41, 5.74) is 1.84. The maximum atomic E-state index is 12.3. The molecule has 1 saturated heterocycles. The Morgan fingerprint density at radius 3 is 3.24 bits per heavy atom. The standard InChI is InChI=1S/C18H21N5O2/c1-2-23-10-4-5-12(23)11-20-17(24)18-21-16(22-25-18)14-6-3-7-15-13(14)8-9-19-15/h3,6-9,12,19H,2,4-5,10-11H2,1H3,(H,20,24). The average Bonchev–Trinajstić information content (AvgIpc) is 3.38. The van der Waals surface area contributed by atoms with E-state index in [4.69, 9.17) is 4.52 Å². The number of likely N-dealkylation sites (tertiary alicyclic amines) is 1. The van der Waals surface area contributed by atoms with E-state index >= 15 is 0 Å². The van der Waals surface area contributed by atoms with Crippen LogP contribution in [0.1, 0.15) is 30.5 Å². The van der Waals surface area contributed by atoms with Crippen molar-refractivity contribution in [3.8, 4) is 11.4 Å². The molecule has 0 radical (unpaired) electrons. The summed E-state index contributed by atoms with van der Waals surface area (Å²) in [4.78, 5) is 22.1. The van der Waals surface area contributed by atoms with Crippen LogP contribution in [-0.2, 0) is 0 Å². The zero-order valence-corrected chi connectivity index (χ0v) is 14.2. The molecular weight excluding hydrogens is 318 g/mol. The van der Waals surface area contributed by atoms with E-state index in [9.17, 15) is 4.79 Å². The summed E-state index contributed by atoms with van der Waals surface area (Å²) in [7, 11) is 0. The first-order chi connectivity index (χ1) is 12.3. The minimum absolute atomic E-state index is 0.00332. The Labute approximate surface area is 145 Å². The summed E-state index contributed by atoms with van der Waals surface area (Å²) < 4.78 is 5.18. The predicted molar refractivity (Wildman–Crippen MR) is 94.2 cm³/mol. The molecule has 1 aromatic carbocycles. The maximum Gasteiger partial charge on any atom is 0.316 e. The predicted octanol–water partition coefficient (Wildman–Crippen LogP) is 2.43. The molecule has 0 aliphatic carbocycles. The van der Waals surface area contributed by atoms with E-state index in [0.717, 1.165) is 36.0 Å². The van der Waals surface area contributed by atoms with Crippen molar-refractivity contribution in [1.82, 2.24) is 25.3 Å². The van der Waals surface area contributed by atoms with Gasteiger partial charge in [-0.3, -0.25) is 9.69 Å². The van der Waals surface area contributed by atoms with Gasteiger partial charge in [-0.1, -0.05) is 24.2 Å². The number of hydrogen-bond acceptors (Lipinski definition) is 5. The van der Waals surface area contributed by atoms with Crippen molar-refractivity contribution < 1.29 is 9.32 Å². The smallest absolute Gasteiger partial charge is 0.316 e. The summed E-state index contributed by atoms with van der Waals surface area (Å²) in [6.07, 6.45) is 4.15. The SMILES string of the molecule is CCN1CCCC1CNC(=O)c1nc(-c2cccc3[nH]ccc23)no1. The highest BCUT2D eigenvalue weighted by atomic mass is 16.5. The quantitative estimate of drug-likeness (QED) is 0.745. The monoisotopic (exact) mass is 339 g/mol. The van der Waals surface area contributed by atoms with Crippen molar-refractivity contribution >= 4 is 16.8 Å². The van der Waals surface area contributed by atoms with Crippen LogP contribution < -0.4 is 5.32 Å². The van der Waals surface area contributed by atoms with E-state index in [-0.39, 0.29) is 11.8 Å². The van der Waals surface area contributed by atoms with Crippen LogP contribution in [0.3, 0.4) is 0 Å². The number of nitrogens with one attached hydrogen (secondary N) is 2. The number of fused-ring (bicyclic) bond motifs is 1. The third-order valence-electron chi connectivity index (χ3n) is 4.86. The molecule has 130 valence electrons. The first-order valence-electron chi connectivity index (χ1n) is 8.68. The largest absolute Gasteiger partial charge is 0.361 e. The average molecular weight is 339 g/mol. The number of hydrogen-bond donors (Lipinski definition) is 2. The normalized spacial score (nSPS) is 18.0. The topological polar surface area (TPSA) is 87.0 Å². The highest BCUT2D eigenvalue weighted by Gasteiger charge is 2.24. The van der Waals surface area contributed by atoms with Crippen LogP contribution in [0.2, 0.25) is 0 Å². The number of amides is 1. The van der Waals surface area contributed by atoms with Gasteiger partial charge in [-0.25, -0.2) is 0 Å². The van der Waals surface area contributed by atoms with Gasteiger partial charge in [-0.2, -0.15) is 4.98 Å². The lowest BCUT2D eigenvalue weighted by Gasteiger charge is -2.22. The molecule has 3 aromatic rings.